The zero-order valence-electron chi connectivity index (χ0n) is 15.7. The SMILES string of the molecule is CCOC(=O)c1cccc(NC(=O)/C=C/c2ccc(C(C)(C)C)cc2)c1. The zero-order chi connectivity index (χ0) is 19.2. The summed E-state index contributed by atoms with van der Waals surface area (Å²) in [6.45, 7) is 8.55. The van der Waals surface area contributed by atoms with E-state index in [9.17, 15) is 9.59 Å². The third-order valence-corrected chi connectivity index (χ3v) is 3.85. The van der Waals surface area contributed by atoms with E-state index in [1.54, 1.807) is 37.3 Å². The van der Waals surface area contributed by atoms with E-state index in [4.69, 9.17) is 4.74 Å². The second-order valence-corrected chi connectivity index (χ2v) is 7.00. The first-order valence-corrected chi connectivity index (χ1v) is 8.66. The summed E-state index contributed by atoms with van der Waals surface area (Å²) < 4.78 is 4.96. The summed E-state index contributed by atoms with van der Waals surface area (Å²) in [6.07, 6.45) is 3.24. The molecular formula is C22H25NO3. The minimum atomic E-state index is -0.405. The van der Waals surface area contributed by atoms with Crippen molar-refractivity contribution in [3.63, 3.8) is 0 Å². The van der Waals surface area contributed by atoms with Gasteiger partial charge in [-0.25, -0.2) is 4.79 Å². The molecule has 0 fully saturated rings. The Morgan fingerprint density at radius 3 is 2.38 bits per heavy atom. The van der Waals surface area contributed by atoms with Crippen LogP contribution in [-0.4, -0.2) is 18.5 Å². The molecule has 0 radical (unpaired) electrons. The molecule has 0 aliphatic rings. The fraction of sp³-hybridized carbons (Fsp3) is 0.273. The largest absolute Gasteiger partial charge is 0.462 e. The fourth-order valence-electron chi connectivity index (χ4n) is 2.39. The fourth-order valence-corrected chi connectivity index (χ4v) is 2.39. The second kappa shape index (κ2) is 8.48. The van der Waals surface area contributed by atoms with Crippen molar-refractivity contribution in [3.05, 3.63) is 71.3 Å². The molecule has 4 heteroatoms. The Morgan fingerprint density at radius 2 is 1.77 bits per heavy atom. The number of hydrogen-bond donors (Lipinski definition) is 1. The molecule has 0 unspecified atom stereocenters. The van der Waals surface area contributed by atoms with Crippen LogP contribution in [0.1, 0.15) is 49.2 Å². The molecule has 0 bridgehead atoms. The van der Waals surface area contributed by atoms with Gasteiger partial charge in [-0.05, 0) is 47.7 Å². The normalized spacial score (nSPS) is 11.4. The second-order valence-electron chi connectivity index (χ2n) is 7.00. The molecule has 0 aliphatic carbocycles. The summed E-state index contributed by atoms with van der Waals surface area (Å²) in [6, 6.07) is 14.8. The van der Waals surface area contributed by atoms with Crippen molar-refractivity contribution in [2.75, 3.05) is 11.9 Å². The number of benzene rings is 2. The maximum Gasteiger partial charge on any atom is 0.338 e. The Balaban J connectivity index is 2.01. The van der Waals surface area contributed by atoms with Crippen molar-refractivity contribution in [1.29, 1.82) is 0 Å². The minimum absolute atomic E-state index is 0.101. The van der Waals surface area contributed by atoms with Gasteiger partial charge >= 0.3 is 5.97 Å². The molecule has 4 nitrogen and oxygen atoms in total. The lowest BCUT2D eigenvalue weighted by molar-refractivity contribution is -0.111. The molecule has 0 spiro atoms. The van der Waals surface area contributed by atoms with Gasteiger partial charge in [0, 0.05) is 11.8 Å². The van der Waals surface area contributed by atoms with Gasteiger partial charge in [0.05, 0.1) is 12.2 Å². The molecule has 1 amide bonds. The lowest BCUT2D eigenvalue weighted by Crippen LogP contribution is -2.10. The van der Waals surface area contributed by atoms with Gasteiger partial charge in [0.1, 0.15) is 0 Å². The Hall–Kier alpha value is -2.88. The van der Waals surface area contributed by atoms with Crippen LogP contribution in [0, 0.1) is 0 Å². The highest BCUT2D eigenvalue weighted by Gasteiger charge is 2.12. The number of ether oxygens (including phenoxy) is 1. The molecule has 0 saturated heterocycles. The maximum atomic E-state index is 12.1. The monoisotopic (exact) mass is 351 g/mol. The average molecular weight is 351 g/mol. The van der Waals surface area contributed by atoms with Gasteiger partial charge in [-0.1, -0.05) is 51.1 Å². The highest BCUT2D eigenvalue weighted by Crippen LogP contribution is 2.22. The summed E-state index contributed by atoms with van der Waals surface area (Å²) in [5, 5.41) is 2.75. The number of carbonyl (C=O) groups is 2. The highest BCUT2D eigenvalue weighted by atomic mass is 16.5. The molecule has 0 aromatic heterocycles. The smallest absolute Gasteiger partial charge is 0.338 e. The van der Waals surface area contributed by atoms with Crippen molar-refractivity contribution in [2.45, 2.75) is 33.1 Å². The van der Waals surface area contributed by atoms with Crippen LogP contribution in [-0.2, 0) is 14.9 Å². The molecule has 0 heterocycles. The highest BCUT2D eigenvalue weighted by molar-refractivity contribution is 6.02. The Kier molecular flexibility index (Phi) is 6.34. The van der Waals surface area contributed by atoms with Crippen molar-refractivity contribution < 1.29 is 14.3 Å². The predicted octanol–water partition coefficient (Wildman–Crippen LogP) is 4.81. The van der Waals surface area contributed by atoms with E-state index in [2.05, 4.69) is 38.2 Å². The Morgan fingerprint density at radius 1 is 1.08 bits per heavy atom. The maximum absolute atomic E-state index is 12.1. The van der Waals surface area contributed by atoms with Gasteiger partial charge in [0.25, 0.3) is 0 Å². The van der Waals surface area contributed by atoms with E-state index in [1.165, 1.54) is 11.6 Å². The lowest BCUT2D eigenvalue weighted by Gasteiger charge is -2.18. The molecule has 0 aliphatic heterocycles. The first-order chi connectivity index (χ1) is 12.3. The van der Waals surface area contributed by atoms with Crippen LogP contribution in [0.5, 0.6) is 0 Å². The number of hydrogen-bond acceptors (Lipinski definition) is 3. The predicted molar refractivity (Wildman–Crippen MR) is 105 cm³/mol. The number of anilines is 1. The van der Waals surface area contributed by atoms with Crippen molar-refractivity contribution in [1.82, 2.24) is 0 Å². The first kappa shape index (κ1) is 19.4. The van der Waals surface area contributed by atoms with Crippen LogP contribution in [0.3, 0.4) is 0 Å². The molecule has 0 atom stereocenters. The topological polar surface area (TPSA) is 55.4 Å². The van der Waals surface area contributed by atoms with Crippen molar-refractivity contribution in [2.24, 2.45) is 0 Å². The quantitative estimate of drug-likeness (QED) is 0.621. The summed E-state index contributed by atoms with van der Waals surface area (Å²) >= 11 is 0. The molecule has 26 heavy (non-hydrogen) atoms. The van der Waals surface area contributed by atoms with E-state index in [1.807, 2.05) is 12.1 Å². The Labute approximate surface area is 154 Å². The number of rotatable bonds is 5. The summed E-state index contributed by atoms with van der Waals surface area (Å²) in [4.78, 5) is 23.8. The van der Waals surface area contributed by atoms with Crippen molar-refractivity contribution >= 4 is 23.6 Å². The van der Waals surface area contributed by atoms with Gasteiger partial charge in [0.2, 0.25) is 5.91 Å². The molecule has 136 valence electrons. The van der Waals surface area contributed by atoms with E-state index < -0.39 is 5.97 Å². The van der Waals surface area contributed by atoms with E-state index >= 15 is 0 Å². The van der Waals surface area contributed by atoms with Gasteiger partial charge in [-0.3, -0.25) is 4.79 Å². The zero-order valence-corrected chi connectivity index (χ0v) is 15.7. The first-order valence-electron chi connectivity index (χ1n) is 8.66. The van der Waals surface area contributed by atoms with Gasteiger partial charge < -0.3 is 10.1 Å². The third kappa shape index (κ3) is 5.59. The van der Waals surface area contributed by atoms with Crippen LogP contribution in [0.4, 0.5) is 5.69 Å². The standard InChI is InChI=1S/C22H25NO3/c1-5-26-21(25)17-7-6-8-19(15-17)23-20(24)14-11-16-9-12-18(13-10-16)22(2,3)4/h6-15H,5H2,1-4H3,(H,23,24)/b14-11+. The van der Waals surface area contributed by atoms with Crippen LogP contribution < -0.4 is 5.32 Å². The van der Waals surface area contributed by atoms with Crippen LogP contribution in [0.15, 0.2) is 54.6 Å². The van der Waals surface area contributed by atoms with E-state index in [0.29, 0.717) is 17.9 Å². The minimum Gasteiger partial charge on any atom is -0.462 e. The molecule has 2 rings (SSSR count). The molecular weight excluding hydrogens is 326 g/mol. The van der Waals surface area contributed by atoms with Crippen LogP contribution in [0.25, 0.3) is 6.08 Å². The summed E-state index contributed by atoms with van der Waals surface area (Å²) in [5.74, 6) is -0.663. The van der Waals surface area contributed by atoms with Gasteiger partial charge in [-0.2, -0.15) is 0 Å². The van der Waals surface area contributed by atoms with Gasteiger partial charge in [0.15, 0.2) is 0 Å². The average Bonchev–Trinajstić information content (AvgIpc) is 2.60. The molecule has 2 aromatic carbocycles. The van der Waals surface area contributed by atoms with Crippen LogP contribution in [0.2, 0.25) is 0 Å². The number of esters is 1. The Bertz CT molecular complexity index is 799. The van der Waals surface area contributed by atoms with Crippen molar-refractivity contribution in [3.8, 4) is 0 Å². The summed E-state index contributed by atoms with van der Waals surface area (Å²) in [7, 11) is 0. The third-order valence-electron chi connectivity index (χ3n) is 3.85. The van der Waals surface area contributed by atoms with E-state index in [-0.39, 0.29) is 11.3 Å². The molecule has 2 aromatic rings. The van der Waals surface area contributed by atoms with Crippen LogP contribution >= 0.6 is 0 Å². The molecule has 1 N–H and O–H groups in total. The number of carbonyl (C=O) groups excluding carboxylic acids is 2. The number of nitrogens with one attached hydrogen (secondary N) is 1. The molecule has 0 saturated carbocycles. The van der Waals surface area contributed by atoms with Gasteiger partial charge in [-0.15, -0.1) is 0 Å². The number of amides is 1. The lowest BCUT2D eigenvalue weighted by atomic mass is 9.87. The summed E-state index contributed by atoms with van der Waals surface area (Å²) in [5.41, 5.74) is 3.26. The van der Waals surface area contributed by atoms with E-state index in [0.717, 1.165) is 5.56 Å².